The third-order valence-electron chi connectivity index (χ3n) is 2.91. The lowest BCUT2D eigenvalue weighted by Gasteiger charge is -2.31. The Morgan fingerprint density at radius 2 is 2.40 bits per heavy atom. The topological polar surface area (TPSA) is 68.7 Å². The molecule has 1 aromatic rings. The number of guanidine groups is 1. The number of ether oxygens (including phenoxy) is 1. The van der Waals surface area contributed by atoms with Gasteiger partial charge in [-0.3, -0.25) is 4.57 Å². The summed E-state index contributed by atoms with van der Waals surface area (Å²) in [5.74, 6) is 0.526. The maximum Gasteiger partial charge on any atom is 0.319 e. The number of aromatic nitrogens is 2. The van der Waals surface area contributed by atoms with Gasteiger partial charge in [0.05, 0.1) is 12.7 Å². The van der Waals surface area contributed by atoms with Crippen LogP contribution >= 0.6 is 24.0 Å². The molecular formula is C11H18F2IN5O. The maximum absolute atomic E-state index is 12.6. The molecule has 9 heteroatoms. The van der Waals surface area contributed by atoms with Gasteiger partial charge in [-0.25, -0.2) is 9.98 Å². The van der Waals surface area contributed by atoms with E-state index in [0.29, 0.717) is 25.7 Å². The minimum atomic E-state index is -2.61. The van der Waals surface area contributed by atoms with Crippen molar-refractivity contribution in [2.45, 2.75) is 26.1 Å². The first-order chi connectivity index (χ1) is 9.08. The summed E-state index contributed by atoms with van der Waals surface area (Å²) in [6.45, 7) is 1.26. The van der Waals surface area contributed by atoms with Crippen molar-refractivity contribution >= 4 is 29.9 Å². The van der Waals surface area contributed by atoms with Crippen molar-refractivity contribution in [3.05, 3.63) is 18.2 Å². The van der Waals surface area contributed by atoms with Crippen molar-refractivity contribution in [2.24, 2.45) is 10.7 Å². The molecule has 2 N–H and O–H groups in total. The number of alkyl halides is 2. The predicted molar refractivity (Wildman–Crippen MR) is 81.2 cm³/mol. The maximum atomic E-state index is 12.6. The van der Waals surface area contributed by atoms with Crippen LogP contribution < -0.4 is 5.73 Å². The average molecular weight is 401 g/mol. The third-order valence-corrected chi connectivity index (χ3v) is 2.91. The molecule has 0 radical (unpaired) electrons. The van der Waals surface area contributed by atoms with E-state index >= 15 is 0 Å². The fourth-order valence-electron chi connectivity index (χ4n) is 1.92. The molecule has 6 nitrogen and oxygen atoms in total. The van der Waals surface area contributed by atoms with Crippen LogP contribution in [0.5, 0.6) is 0 Å². The lowest BCUT2D eigenvalue weighted by Crippen LogP contribution is -2.47. The Bertz CT molecular complexity index is 454. The summed E-state index contributed by atoms with van der Waals surface area (Å²) < 4.78 is 31.4. The van der Waals surface area contributed by atoms with Crippen LogP contribution in [0.4, 0.5) is 8.78 Å². The normalized spacial score (nSPS) is 20.1. The van der Waals surface area contributed by atoms with Crippen LogP contribution in [0.15, 0.2) is 17.4 Å². The van der Waals surface area contributed by atoms with Crippen LogP contribution in [0, 0.1) is 0 Å². The number of nitrogens with two attached hydrogens (primary N) is 1. The van der Waals surface area contributed by atoms with Crippen LogP contribution in [0.25, 0.3) is 0 Å². The average Bonchev–Trinajstić information content (AvgIpc) is 2.84. The van der Waals surface area contributed by atoms with Crippen molar-refractivity contribution in [3.63, 3.8) is 0 Å². The minimum absolute atomic E-state index is 0. The van der Waals surface area contributed by atoms with E-state index in [1.807, 2.05) is 11.8 Å². The molecule has 20 heavy (non-hydrogen) atoms. The molecule has 0 aliphatic carbocycles. The molecule has 1 saturated heterocycles. The van der Waals surface area contributed by atoms with Gasteiger partial charge in [-0.15, -0.1) is 24.0 Å². The first kappa shape index (κ1) is 17.1. The number of nitrogens with zero attached hydrogens (tertiary/aromatic N) is 4. The molecule has 1 unspecified atom stereocenters. The predicted octanol–water partition coefficient (Wildman–Crippen LogP) is 1.43. The number of halogens is 3. The second-order valence-electron chi connectivity index (χ2n) is 4.33. The lowest BCUT2D eigenvalue weighted by atomic mass is 10.3. The van der Waals surface area contributed by atoms with Crippen molar-refractivity contribution in [3.8, 4) is 0 Å². The molecule has 114 valence electrons. The Hall–Kier alpha value is -0.970. The number of aliphatic imine (C=N–C) groups is 1. The lowest BCUT2D eigenvalue weighted by molar-refractivity contribution is 0.00527. The van der Waals surface area contributed by atoms with Crippen LogP contribution in [0.1, 0.15) is 19.3 Å². The minimum Gasteiger partial charge on any atom is -0.375 e. The fourth-order valence-corrected chi connectivity index (χ4v) is 1.92. The van der Waals surface area contributed by atoms with Crippen LogP contribution in [-0.4, -0.2) is 46.2 Å². The number of hydrogen-bond donors (Lipinski definition) is 1. The van der Waals surface area contributed by atoms with Gasteiger partial charge in [0.15, 0.2) is 5.96 Å². The Kier molecular flexibility index (Phi) is 6.59. The van der Waals surface area contributed by atoms with E-state index in [2.05, 4.69) is 9.98 Å². The summed E-state index contributed by atoms with van der Waals surface area (Å²) in [5.41, 5.74) is 5.85. The summed E-state index contributed by atoms with van der Waals surface area (Å²) in [6, 6.07) is 0. The van der Waals surface area contributed by atoms with Gasteiger partial charge in [0.1, 0.15) is 12.4 Å². The molecule has 1 aliphatic heterocycles. The Morgan fingerprint density at radius 1 is 1.65 bits per heavy atom. The zero-order chi connectivity index (χ0) is 13.8. The molecule has 2 heterocycles. The summed E-state index contributed by atoms with van der Waals surface area (Å²) in [6.07, 6.45) is 2.64. The first-order valence-electron chi connectivity index (χ1n) is 6.04. The first-order valence-corrected chi connectivity index (χ1v) is 6.04. The summed E-state index contributed by atoms with van der Waals surface area (Å²) >= 11 is 0. The van der Waals surface area contributed by atoms with E-state index in [9.17, 15) is 8.78 Å². The van der Waals surface area contributed by atoms with Crippen LogP contribution in [0.2, 0.25) is 0 Å². The highest BCUT2D eigenvalue weighted by Gasteiger charge is 2.18. The molecule has 1 fully saturated rings. The highest BCUT2D eigenvalue weighted by molar-refractivity contribution is 14.0. The van der Waals surface area contributed by atoms with Gasteiger partial charge in [0.2, 0.25) is 0 Å². The zero-order valence-electron chi connectivity index (χ0n) is 11.1. The summed E-state index contributed by atoms with van der Waals surface area (Å²) in [7, 11) is 0. The van der Waals surface area contributed by atoms with Gasteiger partial charge in [-0.05, 0) is 6.92 Å². The van der Waals surface area contributed by atoms with E-state index < -0.39 is 6.55 Å². The molecule has 0 saturated carbocycles. The quantitative estimate of drug-likeness (QED) is 0.473. The molecule has 0 amide bonds. The van der Waals surface area contributed by atoms with Crippen LogP contribution in [0.3, 0.4) is 0 Å². The molecule has 2 rings (SSSR count). The molecule has 0 bridgehead atoms. The SMILES string of the molecule is CC1CN(C(N)=NCc2nccn2C(F)F)CCO1.I. The molecule has 0 spiro atoms. The number of morpholine rings is 1. The third kappa shape index (κ3) is 4.27. The number of hydrogen-bond acceptors (Lipinski definition) is 3. The van der Waals surface area contributed by atoms with Gasteiger partial charge >= 0.3 is 6.55 Å². The van der Waals surface area contributed by atoms with Crippen molar-refractivity contribution < 1.29 is 13.5 Å². The van der Waals surface area contributed by atoms with E-state index in [4.69, 9.17) is 10.5 Å². The monoisotopic (exact) mass is 401 g/mol. The molecule has 1 atom stereocenters. The largest absolute Gasteiger partial charge is 0.375 e. The van der Waals surface area contributed by atoms with Crippen LogP contribution in [-0.2, 0) is 11.3 Å². The Labute approximate surface area is 133 Å². The second-order valence-corrected chi connectivity index (χ2v) is 4.33. The molecule has 1 aromatic heterocycles. The Balaban J connectivity index is 0.00000200. The smallest absolute Gasteiger partial charge is 0.319 e. The van der Waals surface area contributed by atoms with Gasteiger partial charge in [0, 0.05) is 25.5 Å². The van der Waals surface area contributed by atoms with Gasteiger partial charge in [0.25, 0.3) is 0 Å². The molecule has 1 aliphatic rings. The van der Waals surface area contributed by atoms with E-state index in [1.165, 1.54) is 12.4 Å². The van der Waals surface area contributed by atoms with E-state index in [0.717, 1.165) is 4.57 Å². The van der Waals surface area contributed by atoms with Crippen molar-refractivity contribution in [2.75, 3.05) is 19.7 Å². The second kappa shape index (κ2) is 7.72. The summed E-state index contributed by atoms with van der Waals surface area (Å²) in [5, 5.41) is 0. The van der Waals surface area contributed by atoms with Crippen molar-refractivity contribution in [1.29, 1.82) is 0 Å². The zero-order valence-corrected chi connectivity index (χ0v) is 13.4. The van der Waals surface area contributed by atoms with Crippen molar-refractivity contribution in [1.82, 2.24) is 14.5 Å². The van der Waals surface area contributed by atoms with Gasteiger partial charge in [-0.2, -0.15) is 8.78 Å². The fraction of sp³-hybridized carbons (Fsp3) is 0.636. The van der Waals surface area contributed by atoms with E-state index in [-0.39, 0.29) is 42.4 Å². The highest BCUT2D eigenvalue weighted by atomic mass is 127. The number of rotatable bonds is 3. The molecule has 0 aromatic carbocycles. The van der Waals surface area contributed by atoms with Gasteiger partial charge < -0.3 is 15.4 Å². The Morgan fingerprint density at radius 3 is 3.05 bits per heavy atom. The van der Waals surface area contributed by atoms with E-state index in [1.54, 1.807) is 0 Å². The molecular weight excluding hydrogens is 383 g/mol. The summed E-state index contributed by atoms with van der Waals surface area (Å²) in [4.78, 5) is 9.84. The highest BCUT2D eigenvalue weighted by Crippen LogP contribution is 2.13. The van der Waals surface area contributed by atoms with Gasteiger partial charge in [-0.1, -0.05) is 0 Å². The standard InChI is InChI=1S/C11H17F2N5O.HI/c1-8-7-17(4-5-19-8)11(14)16-6-9-15-2-3-18(9)10(12)13;/h2-3,8,10H,4-7H2,1H3,(H2,14,16);1H. The number of imidazole rings is 1.